The average Bonchev–Trinajstić information content (AvgIpc) is 3.47. The van der Waals surface area contributed by atoms with E-state index in [1.165, 1.54) is 29.5 Å². The molecule has 1 unspecified atom stereocenters. The SMILES string of the molecule is O=C(NC(Cc1ccccc1)c1ccccc1)c1csc(CN(Cc2ccc(F)cc2)Cc2cccc(C(F)(F)F)c2)n1. The van der Waals surface area contributed by atoms with Crippen LogP contribution in [0.1, 0.15) is 49.4 Å². The van der Waals surface area contributed by atoms with Gasteiger partial charge in [-0.3, -0.25) is 9.69 Å². The Balaban J connectivity index is 1.33. The Bertz CT molecular complexity index is 1620. The lowest BCUT2D eigenvalue weighted by Crippen LogP contribution is -2.30. The van der Waals surface area contributed by atoms with E-state index in [2.05, 4.69) is 10.3 Å². The van der Waals surface area contributed by atoms with Gasteiger partial charge in [0.25, 0.3) is 5.91 Å². The third-order valence-electron chi connectivity index (χ3n) is 6.91. The molecule has 5 rings (SSSR count). The highest BCUT2D eigenvalue weighted by molar-refractivity contribution is 7.09. The number of carbonyl (C=O) groups excluding carboxylic acids is 1. The molecule has 0 spiro atoms. The standard InChI is InChI=1S/C34H29F4N3OS/c35-29-16-14-25(15-17-29)20-41(21-26-10-7-13-28(18-26)34(36,37)38)22-32-39-31(23-43-32)33(42)40-30(27-11-5-2-6-12-27)19-24-8-3-1-4-9-24/h1-18,23,30H,19-22H2,(H,40,42). The van der Waals surface area contributed by atoms with E-state index in [0.717, 1.165) is 28.8 Å². The van der Waals surface area contributed by atoms with Gasteiger partial charge < -0.3 is 5.32 Å². The van der Waals surface area contributed by atoms with Crippen molar-refractivity contribution in [1.82, 2.24) is 15.2 Å². The van der Waals surface area contributed by atoms with Crippen LogP contribution >= 0.6 is 11.3 Å². The molecule has 0 aliphatic carbocycles. The van der Waals surface area contributed by atoms with Crippen LogP contribution in [-0.4, -0.2) is 15.8 Å². The summed E-state index contributed by atoms with van der Waals surface area (Å²) in [5.41, 5.74) is 2.90. The summed E-state index contributed by atoms with van der Waals surface area (Å²) in [5, 5.41) is 5.45. The molecule has 0 aliphatic rings. The monoisotopic (exact) mass is 603 g/mol. The Labute approximate surface area is 251 Å². The number of aromatic nitrogens is 1. The number of hydrogen-bond acceptors (Lipinski definition) is 4. The molecule has 5 aromatic rings. The van der Waals surface area contributed by atoms with Crippen molar-refractivity contribution >= 4 is 17.2 Å². The molecule has 4 nitrogen and oxygen atoms in total. The topological polar surface area (TPSA) is 45.2 Å². The predicted molar refractivity (Wildman–Crippen MR) is 160 cm³/mol. The van der Waals surface area contributed by atoms with Crippen LogP contribution in [-0.2, 0) is 32.2 Å². The van der Waals surface area contributed by atoms with Gasteiger partial charge in [0, 0.05) is 18.5 Å². The molecule has 0 saturated heterocycles. The maximum absolute atomic E-state index is 13.5. The maximum Gasteiger partial charge on any atom is 0.416 e. The number of nitrogens with one attached hydrogen (secondary N) is 1. The largest absolute Gasteiger partial charge is 0.416 e. The second-order valence-corrected chi connectivity index (χ2v) is 11.2. The van der Waals surface area contributed by atoms with Crippen molar-refractivity contribution in [2.75, 3.05) is 0 Å². The molecule has 1 aromatic heterocycles. The quantitative estimate of drug-likeness (QED) is 0.155. The molecule has 43 heavy (non-hydrogen) atoms. The van der Waals surface area contributed by atoms with Crippen LogP contribution < -0.4 is 5.32 Å². The van der Waals surface area contributed by atoms with E-state index in [-0.39, 0.29) is 36.5 Å². The summed E-state index contributed by atoms with van der Waals surface area (Å²) in [4.78, 5) is 19.8. The van der Waals surface area contributed by atoms with E-state index in [0.29, 0.717) is 23.5 Å². The number of rotatable bonds is 11. The number of benzene rings is 4. The van der Waals surface area contributed by atoms with Gasteiger partial charge in [-0.05, 0) is 46.9 Å². The lowest BCUT2D eigenvalue weighted by Gasteiger charge is -2.22. The van der Waals surface area contributed by atoms with Crippen molar-refractivity contribution in [2.45, 2.75) is 38.3 Å². The van der Waals surface area contributed by atoms with Gasteiger partial charge in [-0.1, -0.05) is 91.0 Å². The van der Waals surface area contributed by atoms with Crippen LogP contribution in [0.2, 0.25) is 0 Å². The number of thiazole rings is 1. The highest BCUT2D eigenvalue weighted by Crippen LogP contribution is 2.30. The van der Waals surface area contributed by atoms with E-state index >= 15 is 0 Å². The molecule has 220 valence electrons. The number of carbonyl (C=O) groups is 1. The number of alkyl halides is 3. The summed E-state index contributed by atoms with van der Waals surface area (Å²) in [7, 11) is 0. The Morgan fingerprint density at radius 3 is 2.14 bits per heavy atom. The van der Waals surface area contributed by atoms with Crippen LogP contribution in [0.5, 0.6) is 0 Å². The highest BCUT2D eigenvalue weighted by atomic mass is 32.1. The number of nitrogens with zero attached hydrogens (tertiary/aromatic N) is 2. The van der Waals surface area contributed by atoms with E-state index < -0.39 is 11.7 Å². The normalized spacial score (nSPS) is 12.3. The zero-order valence-corrected chi connectivity index (χ0v) is 23.9. The molecule has 1 atom stereocenters. The van der Waals surface area contributed by atoms with Gasteiger partial charge in [0.1, 0.15) is 16.5 Å². The first-order valence-electron chi connectivity index (χ1n) is 13.7. The van der Waals surface area contributed by atoms with Crippen LogP contribution in [0.15, 0.2) is 115 Å². The lowest BCUT2D eigenvalue weighted by atomic mass is 9.99. The number of hydrogen-bond donors (Lipinski definition) is 1. The zero-order chi connectivity index (χ0) is 30.2. The summed E-state index contributed by atoms with van der Waals surface area (Å²) >= 11 is 1.31. The van der Waals surface area contributed by atoms with Crippen LogP contribution in [0.4, 0.5) is 17.6 Å². The minimum absolute atomic E-state index is 0.204. The van der Waals surface area contributed by atoms with Crippen LogP contribution in [0.3, 0.4) is 0 Å². The first-order chi connectivity index (χ1) is 20.7. The van der Waals surface area contributed by atoms with Crippen molar-refractivity contribution in [3.63, 3.8) is 0 Å². The Hall–Kier alpha value is -4.34. The molecule has 4 aromatic carbocycles. The molecule has 0 radical (unpaired) electrons. The molecule has 0 bridgehead atoms. The van der Waals surface area contributed by atoms with Crippen molar-refractivity contribution in [1.29, 1.82) is 0 Å². The van der Waals surface area contributed by atoms with Crippen molar-refractivity contribution in [2.24, 2.45) is 0 Å². The first kappa shape index (κ1) is 30.1. The minimum atomic E-state index is -4.45. The van der Waals surface area contributed by atoms with E-state index in [1.54, 1.807) is 23.6 Å². The molecular weight excluding hydrogens is 574 g/mol. The van der Waals surface area contributed by atoms with Crippen LogP contribution in [0, 0.1) is 5.82 Å². The average molecular weight is 604 g/mol. The summed E-state index contributed by atoms with van der Waals surface area (Å²) in [6, 6.07) is 30.6. The molecule has 0 fully saturated rings. The van der Waals surface area contributed by atoms with E-state index in [1.807, 2.05) is 65.6 Å². The molecular formula is C34H29F4N3OS. The van der Waals surface area contributed by atoms with Gasteiger partial charge in [0.05, 0.1) is 18.2 Å². The summed E-state index contributed by atoms with van der Waals surface area (Å²) < 4.78 is 53.5. The fourth-order valence-corrected chi connectivity index (χ4v) is 5.63. The highest BCUT2D eigenvalue weighted by Gasteiger charge is 2.30. The summed E-state index contributed by atoms with van der Waals surface area (Å²) in [6.07, 6.45) is -3.84. The molecule has 1 heterocycles. The van der Waals surface area contributed by atoms with Crippen molar-refractivity contribution in [3.8, 4) is 0 Å². The molecule has 9 heteroatoms. The van der Waals surface area contributed by atoms with Gasteiger partial charge >= 0.3 is 6.18 Å². The lowest BCUT2D eigenvalue weighted by molar-refractivity contribution is -0.137. The van der Waals surface area contributed by atoms with Gasteiger partial charge in [-0.2, -0.15) is 13.2 Å². The number of amides is 1. The fraction of sp³-hybridized carbons (Fsp3) is 0.176. The third-order valence-corrected chi connectivity index (χ3v) is 7.75. The van der Waals surface area contributed by atoms with Gasteiger partial charge in [0.2, 0.25) is 0 Å². The van der Waals surface area contributed by atoms with E-state index in [9.17, 15) is 22.4 Å². The van der Waals surface area contributed by atoms with Crippen molar-refractivity contribution < 1.29 is 22.4 Å². The van der Waals surface area contributed by atoms with Gasteiger partial charge in [-0.15, -0.1) is 11.3 Å². The zero-order valence-electron chi connectivity index (χ0n) is 23.1. The van der Waals surface area contributed by atoms with Gasteiger partial charge in [0.15, 0.2) is 0 Å². The Morgan fingerprint density at radius 1 is 0.791 bits per heavy atom. The van der Waals surface area contributed by atoms with Crippen LogP contribution in [0.25, 0.3) is 0 Å². The number of halogens is 4. The molecule has 0 saturated carbocycles. The van der Waals surface area contributed by atoms with Crippen molar-refractivity contribution in [3.05, 3.63) is 159 Å². The fourth-order valence-electron chi connectivity index (χ4n) is 4.82. The predicted octanol–water partition coefficient (Wildman–Crippen LogP) is 8.22. The third kappa shape index (κ3) is 8.59. The minimum Gasteiger partial charge on any atom is -0.344 e. The molecule has 0 aliphatic heterocycles. The van der Waals surface area contributed by atoms with E-state index in [4.69, 9.17) is 0 Å². The summed E-state index contributed by atoms with van der Waals surface area (Å²) in [6.45, 7) is 0.845. The second kappa shape index (κ2) is 13.8. The Kier molecular flexibility index (Phi) is 9.64. The maximum atomic E-state index is 13.5. The second-order valence-electron chi connectivity index (χ2n) is 10.2. The first-order valence-corrected chi connectivity index (χ1v) is 14.6. The Morgan fingerprint density at radius 2 is 1.44 bits per heavy atom. The van der Waals surface area contributed by atoms with Gasteiger partial charge in [-0.25, -0.2) is 9.37 Å². The molecule has 1 amide bonds. The summed E-state index contributed by atoms with van der Waals surface area (Å²) in [5.74, 6) is -0.680. The molecule has 1 N–H and O–H groups in total. The smallest absolute Gasteiger partial charge is 0.344 e.